The molecule has 0 radical (unpaired) electrons. The highest BCUT2D eigenvalue weighted by molar-refractivity contribution is 5.97. The zero-order valence-corrected chi connectivity index (χ0v) is 26.5. The van der Waals surface area contributed by atoms with Gasteiger partial charge in [-0.3, -0.25) is 18.7 Å². The second kappa shape index (κ2) is 11.2. The molecule has 4 aromatic rings. The van der Waals surface area contributed by atoms with Gasteiger partial charge < -0.3 is 14.4 Å². The molecule has 0 aliphatic carbocycles. The number of fused-ring (bicyclic) bond motifs is 3. The van der Waals surface area contributed by atoms with E-state index in [2.05, 4.69) is 0 Å². The number of carbonyl (C=O) groups is 3. The Labute approximate surface area is 256 Å². The van der Waals surface area contributed by atoms with Gasteiger partial charge in [-0.05, 0) is 79.4 Å². The van der Waals surface area contributed by atoms with E-state index in [9.17, 15) is 19.2 Å². The van der Waals surface area contributed by atoms with Gasteiger partial charge in [0.2, 0.25) is 0 Å². The number of carbonyl (C=O) groups excluding carboxylic acids is 3. The first kappa shape index (κ1) is 30.9. The van der Waals surface area contributed by atoms with Gasteiger partial charge in [0.15, 0.2) is 0 Å². The summed E-state index contributed by atoms with van der Waals surface area (Å²) in [4.78, 5) is 63.3. The van der Waals surface area contributed by atoms with E-state index in [0.717, 1.165) is 4.90 Å². The van der Waals surface area contributed by atoms with Crippen molar-refractivity contribution in [3.8, 4) is 0 Å². The van der Waals surface area contributed by atoms with Crippen LogP contribution in [-0.2, 0) is 20.7 Å². The Kier molecular flexibility index (Phi) is 7.88. The van der Waals surface area contributed by atoms with Crippen LogP contribution in [0.15, 0.2) is 59.5 Å². The number of amides is 2. The fraction of sp³-hybridized carbons (Fsp3) is 0.424. The molecular weight excluding hydrogens is 562 g/mol. The lowest BCUT2D eigenvalue weighted by molar-refractivity contribution is -0.139. The van der Waals surface area contributed by atoms with E-state index in [1.807, 2.05) is 37.2 Å². The minimum absolute atomic E-state index is 0.00997. The Morgan fingerprint density at radius 2 is 1.43 bits per heavy atom. The third kappa shape index (κ3) is 5.96. The summed E-state index contributed by atoms with van der Waals surface area (Å²) in [5.74, 6) is -0.305. The first-order valence-electron chi connectivity index (χ1n) is 14.6. The Morgan fingerprint density at radius 1 is 0.841 bits per heavy atom. The summed E-state index contributed by atoms with van der Waals surface area (Å²) in [7, 11) is 3.64. The molecule has 232 valence electrons. The molecule has 0 saturated carbocycles. The summed E-state index contributed by atoms with van der Waals surface area (Å²) < 4.78 is 14.2. The SMILES string of the molecule is CN(C)C[C@H]1c2nc3ccccc3c(=O)n2[C@H](Cc2cn(C(=O)OC(C)(C)C)c3ccccc23)C(=O)N1C(=O)OC(C)(C)C. The van der Waals surface area contributed by atoms with Crippen LogP contribution in [0.3, 0.4) is 0 Å². The predicted octanol–water partition coefficient (Wildman–Crippen LogP) is 5.30. The first-order chi connectivity index (χ1) is 20.6. The highest BCUT2D eigenvalue weighted by Crippen LogP contribution is 2.36. The normalized spacial score (nSPS) is 17.3. The van der Waals surface area contributed by atoms with Gasteiger partial charge in [-0.2, -0.15) is 0 Å². The first-order valence-corrected chi connectivity index (χ1v) is 14.6. The molecule has 2 amide bonds. The zero-order valence-electron chi connectivity index (χ0n) is 26.5. The summed E-state index contributed by atoms with van der Waals surface area (Å²) >= 11 is 0. The minimum Gasteiger partial charge on any atom is -0.443 e. The van der Waals surface area contributed by atoms with Crippen LogP contribution in [-0.4, -0.2) is 73.9 Å². The van der Waals surface area contributed by atoms with Crippen molar-refractivity contribution in [3.05, 3.63) is 76.5 Å². The summed E-state index contributed by atoms with van der Waals surface area (Å²) in [5, 5.41) is 1.08. The van der Waals surface area contributed by atoms with Crippen molar-refractivity contribution < 1.29 is 23.9 Å². The van der Waals surface area contributed by atoms with E-state index in [0.29, 0.717) is 27.4 Å². The molecule has 2 atom stereocenters. The molecule has 1 aliphatic heterocycles. The third-order valence-corrected chi connectivity index (χ3v) is 7.21. The van der Waals surface area contributed by atoms with E-state index in [1.165, 1.54) is 9.13 Å². The number of benzene rings is 2. The number of para-hydroxylation sites is 2. The van der Waals surface area contributed by atoms with Gasteiger partial charge in [-0.1, -0.05) is 30.3 Å². The molecule has 0 fully saturated rings. The number of hydrogen-bond donors (Lipinski definition) is 0. The van der Waals surface area contributed by atoms with Crippen LogP contribution in [0.25, 0.3) is 21.8 Å². The number of imide groups is 1. The highest BCUT2D eigenvalue weighted by Gasteiger charge is 2.46. The molecule has 2 aromatic heterocycles. The number of ether oxygens (including phenoxy) is 2. The molecule has 11 heteroatoms. The quantitative estimate of drug-likeness (QED) is 0.310. The van der Waals surface area contributed by atoms with Crippen LogP contribution >= 0.6 is 0 Å². The van der Waals surface area contributed by atoms with Crippen molar-refractivity contribution in [1.29, 1.82) is 0 Å². The second-order valence-electron chi connectivity index (χ2n) is 13.4. The van der Waals surface area contributed by atoms with Crippen molar-refractivity contribution in [1.82, 2.24) is 23.9 Å². The number of hydrogen-bond acceptors (Lipinski definition) is 8. The molecule has 11 nitrogen and oxygen atoms in total. The molecule has 0 unspecified atom stereocenters. The summed E-state index contributed by atoms with van der Waals surface area (Å²) in [6.45, 7) is 10.8. The van der Waals surface area contributed by atoms with Gasteiger partial charge in [-0.15, -0.1) is 0 Å². The lowest BCUT2D eigenvalue weighted by atomic mass is 9.99. The largest absolute Gasteiger partial charge is 0.443 e. The van der Waals surface area contributed by atoms with Gasteiger partial charge in [-0.25, -0.2) is 19.5 Å². The lowest BCUT2D eigenvalue weighted by Crippen LogP contribution is -2.55. The molecular formula is C33H39N5O6. The van der Waals surface area contributed by atoms with Crippen LogP contribution < -0.4 is 5.56 Å². The van der Waals surface area contributed by atoms with Crippen LogP contribution in [0.5, 0.6) is 0 Å². The van der Waals surface area contributed by atoms with Crippen LogP contribution in [0.2, 0.25) is 0 Å². The van der Waals surface area contributed by atoms with Crippen LogP contribution in [0, 0.1) is 0 Å². The van der Waals surface area contributed by atoms with Crippen molar-refractivity contribution in [3.63, 3.8) is 0 Å². The molecule has 2 aromatic carbocycles. The Balaban J connectivity index is 1.72. The van der Waals surface area contributed by atoms with Gasteiger partial charge in [0.05, 0.1) is 16.4 Å². The third-order valence-electron chi connectivity index (χ3n) is 7.21. The van der Waals surface area contributed by atoms with Crippen LogP contribution in [0.1, 0.15) is 65.0 Å². The predicted molar refractivity (Wildman–Crippen MR) is 167 cm³/mol. The zero-order chi connectivity index (χ0) is 32.1. The van der Waals surface area contributed by atoms with Gasteiger partial charge in [0, 0.05) is 24.5 Å². The molecule has 1 aliphatic rings. The standard InChI is InChI=1S/C33H39N5O6/c1-32(2,3)43-30(41)36-18-20(21-13-10-12-16-24(21)36)17-25-29(40)38(31(42)44-33(4,5)6)26(19-35(7)8)27-34-23-15-11-9-14-22(23)28(39)37(25)27/h9-16,18,25-26H,17,19H2,1-8H3/t25-,26+/m1/s1. The second-order valence-corrected chi connectivity index (χ2v) is 13.4. The number of likely N-dealkylation sites (N-methyl/N-ethyl adjacent to an activating group) is 1. The fourth-order valence-corrected chi connectivity index (χ4v) is 5.54. The maximum atomic E-state index is 14.5. The van der Waals surface area contributed by atoms with E-state index in [-0.39, 0.29) is 24.3 Å². The molecule has 0 spiro atoms. The lowest BCUT2D eigenvalue weighted by Gasteiger charge is -2.40. The molecule has 0 bridgehead atoms. The maximum absolute atomic E-state index is 14.5. The maximum Gasteiger partial charge on any atom is 0.419 e. The summed E-state index contributed by atoms with van der Waals surface area (Å²) in [6.07, 6.45) is 0.260. The van der Waals surface area contributed by atoms with Crippen molar-refractivity contribution in [2.75, 3.05) is 20.6 Å². The average Bonchev–Trinajstić information content (AvgIpc) is 3.27. The fourth-order valence-electron chi connectivity index (χ4n) is 5.54. The minimum atomic E-state index is -1.14. The van der Waals surface area contributed by atoms with Crippen molar-refractivity contribution in [2.45, 2.75) is 71.2 Å². The van der Waals surface area contributed by atoms with Crippen molar-refractivity contribution in [2.24, 2.45) is 0 Å². The number of aromatic nitrogens is 3. The molecule has 0 N–H and O–H groups in total. The van der Waals surface area contributed by atoms with Crippen LogP contribution in [0.4, 0.5) is 9.59 Å². The smallest absolute Gasteiger partial charge is 0.419 e. The number of rotatable bonds is 4. The van der Waals surface area contributed by atoms with E-state index < -0.39 is 41.4 Å². The van der Waals surface area contributed by atoms with E-state index >= 15 is 0 Å². The van der Waals surface area contributed by atoms with Gasteiger partial charge in [0.1, 0.15) is 29.1 Å². The summed E-state index contributed by atoms with van der Waals surface area (Å²) in [6, 6.07) is 12.2. The molecule has 5 rings (SSSR count). The van der Waals surface area contributed by atoms with E-state index in [4.69, 9.17) is 14.5 Å². The Morgan fingerprint density at radius 3 is 2.07 bits per heavy atom. The van der Waals surface area contributed by atoms with Gasteiger partial charge in [0.25, 0.3) is 11.5 Å². The van der Waals surface area contributed by atoms with Gasteiger partial charge >= 0.3 is 12.2 Å². The Bertz CT molecular complexity index is 1820. The topological polar surface area (TPSA) is 116 Å². The van der Waals surface area contributed by atoms with E-state index in [1.54, 1.807) is 78.1 Å². The average molecular weight is 602 g/mol. The Hall–Kier alpha value is -4.51. The molecule has 0 saturated heterocycles. The number of nitrogens with zero attached hydrogens (tertiary/aromatic N) is 5. The molecule has 44 heavy (non-hydrogen) atoms. The van der Waals surface area contributed by atoms with Crippen molar-refractivity contribution >= 4 is 39.9 Å². The summed E-state index contributed by atoms with van der Waals surface area (Å²) in [5.41, 5.74) is -0.288. The highest BCUT2D eigenvalue weighted by atomic mass is 16.6. The molecule has 3 heterocycles. The monoisotopic (exact) mass is 601 g/mol.